The Morgan fingerprint density at radius 3 is 2.44 bits per heavy atom. The summed E-state index contributed by atoms with van der Waals surface area (Å²) in [6.07, 6.45) is 1.65. The van der Waals surface area contributed by atoms with Gasteiger partial charge in [0.1, 0.15) is 11.4 Å². The normalized spacial score (nSPS) is 27.1. The van der Waals surface area contributed by atoms with Gasteiger partial charge in [0.05, 0.1) is 34.4 Å². The highest BCUT2D eigenvalue weighted by molar-refractivity contribution is 5.84. The Hall–Kier alpha value is -3.71. The maximum absolute atomic E-state index is 13.9. The second kappa shape index (κ2) is 6.90. The Labute approximate surface area is 195 Å². The van der Waals surface area contributed by atoms with E-state index < -0.39 is 17.5 Å². The van der Waals surface area contributed by atoms with Gasteiger partial charge < -0.3 is 0 Å². The highest BCUT2D eigenvalue weighted by Crippen LogP contribution is 2.63. The third-order valence-electron chi connectivity index (χ3n) is 7.94. The van der Waals surface area contributed by atoms with E-state index >= 15 is 0 Å². The van der Waals surface area contributed by atoms with Gasteiger partial charge in [0, 0.05) is 17.0 Å². The molecule has 3 aromatic carbocycles. The average Bonchev–Trinajstić information content (AvgIpc) is 3.51. The van der Waals surface area contributed by atoms with Crippen LogP contribution in [0.15, 0.2) is 72.8 Å². The number of rotatable bonds is 2. The number of para-hydroxylation sites is 2. The third kappa shape index (κ3) is 2.37. The molecule has 168 valence electrons. The number of nitrogens with zero attached hydrogens (tertiary/aromatic N) is 4. The van der Waals surface area contributed by atoms with E-state index in [4.69, 9.17) is 9.97 Å². The SMILES string of the molecule is O=[N+]([O-])[C@H]1[C@H]2CCCN2[C@@]2(c3ccccc3-c3nc4ccccc4nc32)[C@@H]1c1ccc(F)cc1. The number of benzene rings is 3. The monoisotopic (exact) mass is 452 g/mol. The molecule has 0 N–H and O–H groups in total. The highest BCUT2D eigenvalue weighted by Gasteiger charge is 2.70. The van der Waals surface area contributed by atoms with Crippen molar-refractivity contribution in [3.63, 3.8) is 0 Å². The van der Waals surface area contributed by atoms with Crippen LogP contribution in [0.1, 0.15) is 35.6 Å². The fourth-order valence-corrected chi connectivity index (χ4v) is 6.81. The van der Waals surface area contributed by atoms with Crippen molar-refractivity contribution in [2.24, 2.45) is 0 Å². The zero-order chi connectivity index (χ0) is 23.0. The summed E-state index contributed by atoms with van der Waals surface area (Å²) >= 11 is 0. The van der Waals surface area contributed by atoms with Crippen molar-refractivity contribution in [1.82, 2.24) is 14.9 Å². The molecule has 2 aliphatic heterocycles. The molecule has 34 heavy (non-hydrogen) atoms. The summed E-state index contributed by atoms with van der Waals surface area (Å²) in [5.41, 5.74) is 5.03. The van der Waals surface area contributed by atoms with E-state index in [2.05, 4.69) is 11.0 Å². The maximum atomic E-state index is 13.9. The zero-order valence-electron chi connectivity index (χ0n) is 18.3. The highest BCUT2D eigenvalue weighted by atomic mass is 19.1. The van der Waals surface area contributed by atoms with Gasteiger partial charge in [0.2, 0.25) is 6.04 Å². The Kier molecular flexibility index (Phi) is 4.00. The molecular formula is C27H21FN4O2. The fraction of sp³-hybridized carbons (Fsp3) is 0.259. The van der Waals surface area contributed by atoms with Gasteiger partial charge in [-0.15, -0.1) is 0 Å². The van der Waals surface area contributed by atoms with Crippen molar-refractivity contribution in [2.75, 3.05) is 6.54 Å². The molecule has 2 saturated heterocycles. The minimum atomic E-state index is -0.834. The lowest BCUT2D eigenvalue weighted by atomic mass is 9.73. The van der Waals surface area contributed by atoms with Crippen LogP contribution in [0, 0.1) is 15.9 Å². The third-order valence-corrected chi connectivity index (χ3v) is 7.94. The van der Waals surface area contributed by atoms with E-state index in [0.29, 0.717) is 0 Å². The lowest BCUT2D eigenvalue weighted by Gasteiger charge is -2.39. The van der Waals surface area contributed by atoms with Gasteiger partial charge in [0.15, 0.2) is 0 Å². The minimum absolute atomic E-state index is 0.124. The summed E-state index contributed by atoms with van der Waals surface area (Å²) in [7, 11) is 0. The summed E-state index contributed by atoms with van der Waals surface area (Å²) in [5, 5.41) is 12.6. The largest absolute Gasteiger partial charge is 0.278 e. The fourth-order valence-electron chi connectivity index (χ4n) is 6.81. The number of hydrogen-bond acceptors (Lipinski definition) is 5. The summed E-state index contributed by atoms with van der Waals surface area (Å²) in [6.45, 7) is 0.745. The Morgan fingerprint density at radius 2 is 1.68 bits per heavy atom. The van der Waals surface area contributed by atoms with Crippen LogP contribution >= 0.6 is 0 Å². The van der Waals surface area contributed by atoms with Gasteiger partial charge >= 0.3 is 0 Å². The minimum Gasteiger partial charge on any atom is -0.278 e. The number of nitro groups is 1. The summed E-state index contributed by atoms with van der Waals surface area (Å²) in [4.78, 5) is 25.0. The molecule has 4 aromatic rings. The van der Waals surface area contributed by atoms with E-state index in [1.165, 1.54) is 12.1 Å². The molecule has 7 heteroatoms. The van der Waals surface area contributed by atoms with Gasteiger partial charge in [0.25, 0.3) is 0 Å². The second-order valence-electron chi connectivity index (χ2n) is 9.43. The molecule has 1 spiro atoms. The van der Waals surface area contributed by atoms with Crippen LogP contribution in [0.25, 0.3) is 22.3 Å². The van der Waals surface area contributed by atoms with Crippen LogP contribution in [0.5, 0.6) is 0 Å². The first-order chi connectivity index (χ1) is 16.6. The van der Waals surface area contributed by atoms with Gasteiger partial charge in [-0.3, -0.25) is 15.0 Å². The maximum Gasteiger partial charge on any atom is 0.237 e. The van der Waals surface area contributed by atoms with Crippen molar-refractivity contribution >= 4 is 11.0 Å². The molecule has 0 radical (unpaired) electrons. The van der Waals surface area contributed by atoms with Gasteiger partial charge in [-0.05, 0) is 48.2 Å². The van der Waals surface area contributed by atoms with Crippen LogP contribution in [-0.4, -0.2) is 38.4 Å². The molecule has 6 nitrogen and oxygen atoms in total. The molecule has 0 unspecified atom stereocenters. The average molecular weight is 452 g/mol. The van der Waals surface area contributed by atoms with Crippen molar-refractivity contribution in [3.8, 4) is 11.3 Å². The summed E-state index contributed by atoms with van der Waals surface area (Å²) in [5.74, 6) is -0.877. The Bertz CT molecular complexity index is 1470. The molecule has 1 aliphatic carbocycles. The topological polar surface area (TPSA) is 72.2 Å². The van der Waals surface area contributed by atoms with Gasteiger partial charge in [-0.25, -0.2) is 14.4 Å². The number of fused-ring (bicyclic) bond motifs is 8. The lowest BCUT2D eigenvalue weighted by molar-refractivity contribution is -0.527. The van der Waals surface area contributed by atoms with E-state index in [0.717, 1.165) is 58.5 Å². The van der Waals surface area contributed by atoms with Crippen molar-refractivity contribution in [2.45, 2.75) is 36.4 Å². The number of aromatic nitrogens is 2. The molecule has 0 bridgehead atoms. The van der Waals surface area contributed by atoms with Gasteiger partial charge in [-0.1, -0.05) is 48.5 Å². The summed E-state index contributed by atoms with van der Waals surface area (Å²) < 4.78 is 13.9. The zero-order valence-corrected chi connectivity index (χ0v) is 18.3. The summed E-state index contributed by atoms with van der Waals surface area (Å²) in [6, 6.07) is 21.0. The smallest absolute Gasteiger partial charge is 0.237 e. The van der Waals surface area contributed by atoms with Crippen LogP contribution in [0.2, 0.25) is 0 Å². The molecule has 0 saturated carbocycles. The van der Waals surface area contributed by atoms with E-state index in [9.17, 15) is 14.5 Å². The van der Waals surface area contributed by atoms with Crippen LogP contribution in [0.3, 0.4) is 0 Å². The van der Waals surface area contributed by atoms with Crippen LogP contribution < -0.4 is 0 Å². The number of halogens is 1. The lowest BCUT2D eigenvalue weighted by Crippen LogP contribution is -2.45. The molecule has 3 aliphatic rings. The molecule has 2 fully saturated rings. The first-order valence-corrected chi connectivity index (χ1v) is 11.6. The van der Waals surface area contributed by atoms with Crippen molar-refractivity contribution in [3.05, 3.63) is 106 Å². The predicted octanol–water partition coefficient (Wildman–Crippen LogP) is 4.90. The molecule has 0 amide bonds. The quantitative estimate of drug-likeness (QED) is 0.320. The van der Waals surface area contributed by atoms with E-state index in [1.807, 2.05) is 42.5 Å². The Morgan fingerprint density at radius 1 is 0.971 bits per heavy atom. The van der Waals surface area contributed by atoms with E-state index in [-0.39, 0.29) is 16.8 Å². The molecule has 1 aromatic heterocycles. The van der Waals surface area contributed by atoms with Crippen molar-refractivity contribution < 1.29 is 9.31 Å². The Balaban J connectivity index is 1.62. The molecule has 3 heterocycles. The molecule has 4 atom stereocenters. The second-order valence-corrected chi connectivity index (χ2v) is 9.43. The van der Waals surface area contributed by atoms with Crippen molar-refractivity contribution in [1.29, 1.82) is 0 Å². The van der Waals surface area contributed by atoms with Gasteiger partial charge in [-0.2, -0.15) is 0 Å². The first-order valence-electron chi connectivity index (χ1n) is 11.6. The van der Waals surface area contributed by atoms with Crippen LogP contribution in [-0.2, 0) is 5.54 Å². The van der Waals surface area contributed by atoms with Crippen LogP contribution in [0.4, 0.5) is 4.39 Å². The molecular weight excluding hydrogens is 431 g/mol. The van der Waals surface area contributed by atoms with E-state index in [1.54, 1.807) is 12.1 Å². The first kappa shape index (κ1) is 19.7. The standard InChI is InChI=1S/C27H21FN4O2/c28-17-13-11-16(12-14-17)23-25(32(33)34)22-10-5-15-31(22)27(23)19-7-2-1-6-18(19)24-26(27)30-21-9-4-3-8-20(21)29-24/h1-4,6-9,11-14,22-23,25H,5,10,15H2/t22-,23-,25+,27+/m1/s1. The number of hydrogen-bond donors (Lipinski definition) is 0. The molecule has 7 rings (SSSR count). The predicted molar refractivity (Wildman–Crippen MR) is 125 cm³/mol.